The van der Waals surface area contributed by atoms with Crippen LogP contribution in [0.5, 0.6) is 17.2 Å². The lowest BCUT2D eigenvalue weighted by Gasteiger charge is -2.21. The Morgan fingerprint density at radius 1 is 1.08 bits per heavy atom. The molecule has 8 heteroatoms. The first-order valence-corrected chi connectivity index (χ1v) is 8.04. The number of benzene rings is 1. The van der Waals surface area contributed by atoms with Crippen LogP contribution < -0.4 is 24.8 Å². The van der Waals surface area contributed by atoms with Gasteiger partial charge in [-0.15, -0.1) is 0 Å². The average Bonchev–Trinajstić information content (AvgIpc) is 2.65. The van der Waals surface area contributed by atoms with Gasteiger partial charge in [0, 0.05) is 37.0 Å². The molecule has 2 amide bonds. The number of hydrogen-bond donors (Lipinski definition) is 2. The zero-order valence-corrected chi connectivity index (χ0v) is 14.7. The van der Waals surface area contributed by atoms with Gasteiger partial charge < -0.3 is 29.6 Å². The maximum atomic E-state index is 12.1. The molecule has 0 aliphatic carbocycles. The van der Waals surface area contributed by atoms with Gasteiger partial charge in [0.05, 0.1) is 27.9 Å². The second-order valence-electron chi connectivity index (χ2n) is 5.57. The number of rotatable bonds is 7. The average molecular weight is 352 g/mol. The van der Waals surface area contributed by atoms with E-state index in [1.807, 2.05) is 0 Å². The summed E-state index contributed by atoms with van der Waals surface area (Å²) in [6, 6.07) is 3.25. The Morgan fingerprint density at radius 2 is 1.68 bits per heavy atom. The molecule has 1 aromatic rings. The smallest absolute Gasteiger partial charge is 0.243 e. The fraction of sp³-hybridized carbons (Fsp3) is 0.529. The van der Waals surface area contributed by atoms with Crippen LogP contribution in [0, 0.1) is 5.92 Å². The third-order valence-electron chi connectivity index (χ3n) is 3.96. The summed E-state index contributed by atoms with van der Waals surface area (Å²) < 4.78 is 20.9. The Kier molecular flexibility index (Phi) is 6.88. The summed E-state index contributed by atoms with van der Waals surface area (Å²) in [6.45, 7) is 1.05. The largest absolute Gasteiger partial charge is 0.493 e. The van der Waals surface area contributed by atoms with Gasteiger partial charge in [0.15, 0.2) is 11.5 Å². The number of carbonyl (C=O) groups excluding carboxylic acids is 2. The number of carbonyl (C=O) groups is 2. The molecule has 0 unspecified atom stereocenters. The van der Waals surface area contributed by atoms with E-state index < -0.39 is 0 Å². The van der Waals surface area contributed by atoms with Gasteiger partial charge in [0.1, 0.15) is 0 Å². The van der Waals surface area contributed by atoms with Gasteiger partial charge in [-0.25, -0.2) is 0 Å². The Balaban J connectivity index is 1.94. The highest BCUT2D eigenvalue weighted by Gasteiger charge is 2.22. The van der Waals surface area contributed by atoms with Crippen molar-refractivity contribution >= 4 is 17.5 Å². The van der Waals surface area contributed by atoms with Crippen molar-refractivity contribution in [3.05, 3.63) is 12.1 Å². The van der Waals surface area contributed by atoms with Crippen LogP contribution >= 0.6 is 0 Å². The zero-order valence-electron chi connectivity index (χ0n) is 14.7. The maximum absolute atomic E-state index is 12.1. The summed E-state index contributed by atoms with van der Waals surface area (Å²) in [5, 5.41) is 5.37. The first kappa shape index (κ1) is 18.9. The van der Waals surface area contributed by atoms with E-state index in [1.165, 1.54) is 21.3 Å². The SMILES string of the molecule is COc1cc(NC(=O)CNC(=O)C2CCOCC2)cc(OC)c1OC. The second kappa shape index (κ2) is 9.12. The monoisotopic (exact) mass is 352 g/mol. The lowest BCUT2D eigenvalue weighted by Crippen LogP contribution is -2.38. The molecule has 2 rings (SSSR count). The van der Waals surface area contributed by atoms with Crippen LogP contribution in [0.4, 0.5) is 5.69 Å². The van der Waals surface area contributed by atoms with Gasteiger partial charge in [-0.1, -0.05) is 0 Å². The Bertz CT molecular complexity index is 588. The summed E-state index contributed by atoms with van der Waals surface area (Å²) in [4.78, 5) is 24.1. The summed E-state index contributed by atoms with van der Waals surface area (Å²) in [6.07, 6.45) is 1.36. The molecule has 0 radical (unpaired) electrons. The number of anilines is 1. The van der Waals surface area contributed by atoms with E-state index in [1.54, 1.807) is 12.1 Å². The second-order valence-corrected chi connectivity index (χ2v) is 5.57. The molecule has 1 fully saturated rings. The van der Waals surface area contributed by atoms with E-state index in [0.717, 1.165) is 0 Å². The van der Waals surface area contributed by atoms with Crippen molar-refractivity contribution in [3.63, 3.8) is 0 Å². The van der Waals surface area contributed by atoms with E-state index in [9.17, 15) is 9.59 Å². The Morgan fingerprint density at radius 3 is 2.20 bits per heavy atom. The van der Waals surface area contributed by atoms with Crippen molar-refractivity contribution in [3.8, 4) is 17.2 Å². The zero-order chi connectivity index (χ0) is 18.2. The van der Waals surface area contributed by atoms with Crippen molar-refractivity contribution in [1.82, 2.24) is 5.32 Å². The molecule has 1 aliphatic heterocycles. The lowest BCUT2D eigenvalue weighted by atomic mass is 9.99. The minimum Gasteiger partial charge on any atom is -0.493 e. The van der Waals surface area contributed by atoms with Gasteiger partial charge >= 0.3 is 0 Å². The number of methoxy groups -OCH3 is 3. The molecule has 1 aromatic carbocycles. The minimum atomic E-state index is -0.338. The molecule has 0 aromatic heterocycles. The van der Waals surface area contributed by atoms with Crippen LogP contribution in [0.3, 0.4) is 0 Å². The van der Waals surface area contributed by atoms with Gasteiger partial charge in [-0.05, 0) is 12.8 Å². The molecule has 1 aliphatic rings. The minimum absolute atomic E-state index is 0.0947. The summed E-state index contributed by atoms with van der Waals surface area (Å²) in [7, 11) is 4.50. The van der Waals surface area contributed by atoms with Gasteiger partial charge in [-0.2, -0.15) is 0 Å². The van der Waals surface area contributed by atoms with Gasteiger partial charge in [-0.3, -0.25) is 9.59 Å². The van der Waals surface area contributed by atoms with Crippen molar-refractivity contribution in [2.45, 2.75) is 12.8 Å². The van der Waals surface area contributed by atoms with Crippen molar-refractivity contribution in [2.24, 2.45) is 5.92 Å². The molecule has 0 bridgehead atoms. The molecule has 2 N–H and O–H groups in total. The highest BCUT2D eigenvalue weighted by molar-refractivity contribution is 5.95. The van der Waals surface area contributed by atoms with Crippen LogP contribution in [0.2, 0.25) is 0 Å². The predicted molar refractivity (Wildman–Crippen MR) is 91.3 cm³/mol. The first-order valence-electron chi connectivity index (χ1n) is 8.04. The normalized spacial score (nSPS) is 14.5. The molecule has 138 valence electrons. The van der Waals surface area contributed by atoms with Crippen molar-refractivity contribution in [1.29, 1.82) is 0 Å². The highest BCUT2D eigenvalue weighted by Crippen LogP contribution is 2.39. The lowest BCUT2D eigenvalue weighted by molar-refractivity contribution is -0.129. The van der Waals surface area contributed by atoms with Crippen LogP contribution in [0.25, 0.3) is 0 Å². The van der Waals surface area contributed by atoms with Crippen LogP contribution in [-0.4, -0.2) is 52.9 Å². The van der Waals surface area contributed by atoms with Gasteiger partial charge in [0.2, 0.25) is 17.6 Å². The topological polar surface area (TPSA) is 95.1 Å². The molecule has 1 saturated heterocycles. The maximum Gasteiger partial charge on any atom is 0.243 e. The number of ether oxygens (including phenoxy) is 4. The van der Waals surface area contributed by atoms with Gasteiger partial charge in [0.25, 0.3) is 0 Å². The fourth-order valence-corrected chi connectivity index (χ4v) is 2.63. The van der Waals surface area contributed by atoms with Crippen LogP contribution in [0.1, 0.15) is 12.8 Å². The molecular weight excluding hydrogens is 328 g/mol. The standard InChI is InChI=1S/C17H24N2O6/c1-22-13-8-12(9-14(23-2)16(13)24-3)19-15(20)10-18-17(21)11-4-6-25-7-5-11/h8-9,11H,4-7,10H2,1-3H3,(H,18,21)(H,19,20). The molecule has 1 heterocycles. The first-order chi connectivity index (χ1) is 12.1. The van der Waals surface area contributed by atoms with E-state index in [-0.39, 0.29) is 24.3 Å². The number of hydrogen-bond acceptors (Lipinski definition) is 6. The third-order valence-corrected chi connectivity index (χ3v) is 3.96. The molecule has 0 saturated carbocycles. The quantitative estimate of drug-likeness (QED) is 0.765. The van der Waals surface area contributed by atoms with E-state index in [4.69, 9.17) is 18.9 Å². The molecule has 0 spiro atoms. The molecule has 8 nitrogen and oxygen atoms in total. The molecule has 0 atom stereocenters. The third kappa shape index (κ3) is 4.99. The van der Waals surface area contributed by atoms with Crippen molar-refractivity contribution < 1.29 is 28.5 Å². The van der Waals surface area contributed by atoms with Crippen LogP contribution in [0.15, 0.2) is 12.1 Å². The predicted octanol–water partition coefficient (Wildman–Crippen LogP) is 1.19. The van der Waals surface area contributed by atoms with Crippen LogP contribution in [-0.2, 0) is 14.3 Å². The Hall–Kier alpha value is -2.48. The summed E-state index contributed by atoms with van der Waals surface area (Å²) in [5.41, 5.74) is 0.486. The van der Waals surface area contributed by atoms with Crippen molar-refractivity contribution in [2.75, 3.05) is 46.4 Å². The number of nitrogens with one attached hydrogen (secondary N) is 2. The summed E-state index contributed by atoms with van der Waals surface area (Å²) >= 11 is 0. The summed E-state index contributed by atoms with van der Waals surface area (Å²) in [5.74, 6) is 0.753. The Labute approximate surface area is 146 Å². The van der Waals surface area contributed by atoms with E-state index in [2.05, 4.69) is 10.6 Å². The number of amides is 2. The van der Waals surface area contributed by atoms with E-state index in [0.29, 0.717) is 49.0 Å². The molecule has 25 heavy (non-hydrogen) atoms. The highest BCUT2D eigenvalue weighted by atomic mass is 16.5. The van der Waals surface area contributed by atoms with E-state index >= 15 is 0 Å². The molecular formula is C17H24N2O6. The fourth-order valence-electron chi connectivity index (χ4n) is 2.63.